The molecule has 162 valence electrons. The predicted molar refractivity (Wildman–Crippen MR) is 113 cm³/mol. The fourth-order valence-corrected chi connectivity index (χ4v) is 8.64. The van der Waals surface area contributed by atoms with Crippen molar-refractivity contribution in [3.8, 4) is 11.5 Å². The number of azide groups is 1. The summed E-state index contributed by atoms with van der Waals surface area (Å²) in [4.78, 5) is 15.3. The van der Waals surface area contributed by atoms with Crippen molar-refractivity contribution in [3.05, 3.63) is 34.2 Å². The third kappa shape index (κ3) is 3.23. The van der Waals surface area contributed by atoms with E-state index in [2.05, 4.69) is 26.0 Å². The Kier molecular flexibility index (Phi) is 5.40. The average Bonchev–Trinajstić information content (AvgIpc) is 3.34. The van der Waals surface area contributed by atoms with Gasteiger partial charge in [-0.2, -0.15) is 0 Å². The van der Waals surface area contributed by atoms with E-state index in [1.165, 1.54) is 14.2 Å². The van der Waals surface area contributed by atoms with E-state index in [1.807, 2.05) is 0 Å². The van der Waals surface area contributed by atoms with Gasteiger partial charge in [-0.3, -0.25) is 4.79 Å². The fraction of sp³-hybridized carbons (Fsp3) is 0.632. The summed E-state index contributed by atoms with van der Waals surface area (Å²) < 4.78 is 37.5. The number of halogens is 1. The zero-order valence-corrected chi connectivity index (χ0v) is 19.1. The second-order valence-corrected chi connectivity index (χ2v) is 11.1. The molecular weight excluding hydrogens is 476 g/mol. The molecule has 1 aliphatic heterocycles. The molecule has 3 unspecified atom stereocenters. The van der Waals surface area contributed by atoms with Crippen molar-refractivity contribution in [2.24, 2.45) is 16.4 Å². The van der Waals surface area contributed by atoms with Crippen molar-refractivity contribution in [1.82, 2.24) is 4.31 Å². The van der Waals surface area contributed by atoms with Crippen molar-refractivity contribution in [2.45, 2.75) is 42.6 Å². The number of hydrogen-bond acceptors (Lipinski definition) is 6. The van der Waals surface area contributed by atoms with Crippen LogP contribution < -0.4 is 9.47 Å². The smallest absolute Gasteiger partial charge is 0.250 e. The van der Waals surface area contributed by atoms with Crippen LogP contribution in [-0.2, 0) is 14.8 Å². The molecule has 1 aromatic carbocycles. The Bertz CT molecular complexity index is 1030. The Hall–Kier alpha value is -1.97. The highest BCUT2D eigenvalue weighted by molar-refractivity contribution is 9.10. The van der Waals surface area contributed by atoms with Gasteiger partial charge >= 0.3 is 0 Å². The van der Waals surface area contributed by atoms with E-state index < -0.39 is 26.8 Å². The van der Waals surface area contributed by atoms with Gasteiger partial charge < -0.3 is 9.47 Å². The van der Waals surface area contributed by atoms with Gasteiger partial charge in [-0.25, -0.2) is 12.7 Å². The second kappa shape index (κ2) is 7.62. The maximum Gasteiger partial charge on any atom is 0.250 e. The molecule has 1 amide bonds. The molecule has 2 aliphatic carbocycles. The Morgan fingerprint density at radius 3 is 2.73 bits per heavy atom. The molecule has 1 aromatic rings. The van der Waals surface area contributed by atoms with Gasteiger partial charge in [0, 0.05) is 10.3 Å². The van der Waals surface area contributed by atoms with Crippen molar-refractivity contribution in [1.29, 1.82) is 0 Å². The van der Waals surface area contributed by atoms with E-state index in [4.69, 9.17) is 15.0 Å². The number of benzene rings is 1. The Balaban J connectivity index is 1.67. The van der Waals surface area contributed by atoms with E-state index >= 15 is 0 Å². The van der Waals surface area contributed by atoms with E-state index in [0.717, 1.165) is 23.6 Å². The number of hydrogen-bond donors (Lipinski definition) is 0. The quantitative estimate of drug-likeness (QED) is 0.257. The highest BCUT2D eigenvalue weighted by Crippen LogP contribution is 2.60. The maximum atomic E-state index is 13.4. The lowest BCUT2D eigenvalue weighted by molar-refractivity contribution is -0.128. The van der Waals surface area contributed by atoms with Crippen molar-refractivity contribution >= 4 is 31.9 Å². The molecule has 11 heteroatoms. The van der Waals surface area contributed by atoms with Crippen molar-refractivity contribution < 1.29 is 22.7 Å². The van der Waals surface area contributed by atoms with Crippen LogP contribution in [-0.4, -0.2) is 49.5 Å². The summed E-state index contributed by atoms with van der Waals surface area (Å²) in [5.74, 6) is 0.824. The lowest BCUT2D eigenvalue weighted by Gasteiger charge is -2.32. The summed E-state index contributed by atoms with van der Waals surface area (Å²) in [6.45, 7) is 0. The first-order valence-corrected chi connectivity index (χ1v) is 12.2. The molecule has 0 N–H and O–H groups in total. The van der Waals surface area contributed by atoms with Crippen LogP contribution in [0.4, 0.5) is 0 Å². The standard InChI is InChI=1S/C19H23BrN4O5S/c1-28-13-4-3-12(8-14(13)29-2)17(22-23-21)16(20)18(25)24-15-7-11-5-6-19(15,9-11)10-30(24,26)27/h3-4,8,11,15-17H,5-7,9-10H2,1-2H3/t11?,15?,16-,17-,19?/m0/s1. The lowest BCUT2D eigenvalue weighted by atomic mass is 9.81. The largest absolute Gasteiger partial charge is 0.493 e. The highest BCUT2D eigenvalue weighted by Gasteiger charge is 2.64. The highest BCUT2D eigenvalue weighted by atomic mass is 79.9. The molecule has 2 saturated carbocycles. The van der Waals surface area contributed by atoms with Gasteiger partial charge in [0.25, 0.3) is 5.91 Å². The van der Waals surface area contributed by atoms with E-state index in [9.17, 15) is 13.2 Å². The molecule has 0 radical (unpaired) electrons. The number of amides is 1. The summed E-state index contributed by atoms with van der Waals surface area (Å²) in [5.41, 5.74) is 9.29. The summed E-state index contributed by atoms with van der Waals surface area (Å²) in [6, 6.07) is 3.69. The van der Waals surface area contributed by atoms with Gasteiger partial charge in [0.05, 0.1) is 32.1 Å². The summed E-state index contributed by atoms with van der Waals surface area (Å²) in [5, 5.41) is 3.79. The molecule has 0 aromatic heterocycles. The van der Waals surface area contributed by atoms with Crippen LogP contribution in [0.25, 0.3) is 10.4 Å². The number of nitrogens with zero attached hydrogens (tertiary/aromatic N) is 4. The topological polar surface area (TPSA) is 122 Å². The minimum Gasteiger partial charge on any atom is -0.493 e. The van der Waals surface area contributed by atoms with Gasteiger partial charge in [-0.15, -0.1) is 0 Å². The molecule has 30 heavy (non-hydrogen) atoms. The molecule has 2 bridgehead atoms. The van der Waals surface area contributed by atoms with Crippen molar-refractivity contribution in [2.75, 3.05) is 20.0 Å². The molecule has 3 fully saturated rings. The van der Waals surface area contributed by atoms with Crippen LogP contribution >= 0.6 is 15.9 Å². The number of ether oxygens (including phenoxy) is 2. The van der Waals surface area contributed by atoms with Gasteiger partial charge in [0.2, 0.25) is 10.0 Å². The average molecular weight is 499 g/mol. The van der Waals surface area contributed by atoms with Gasteiger partial charge in [0.15, 0.2) is 11.5 Å². The summed E-state index contributed by atoms with van der Waals surface area (Å²) >= 11 is 3.35. The zero-order valence-electron chi connectivity index (χ0n) is 16.7. The second-order valence-electron chi connectivity index (χ2n) is 8.28. The molecule has 1 heterocycles. The van der Waals surface area contributed by atoms with E-state index in [-0.39, 0.29) is 17.2 Å². The summed E-state index contributed by atoms with van der Waals surface area (Å²) in [7, 11) is -0.733. The number of fused-ring (bicyclic) bond motifs is 1. The maximum absolute atomic E-state index is 13.4. The van der Waals surface area contributed by atoms with Crippen LogP contribution in [0.15, 0.2) is 23.3 Å². The molecule has 1 saturated heterocycles. The van der Waals surface area contributed by atoms with Gasteiger partial charge in [-0.1, -0.05) is 27.1 Å². The number of methoxy groups -OCH3 is 2. The molecule has 9 nitrogen and oxygen atoms in total. The van der Waals surface area contributed by atoms with E-state index in [1.54, 1.807) is 18.2 Å². The third-order valence-corrected chi connectivity index (χ3v) is 9.58. The molecule has 1 spiro atoms. The minimum absolute atomic E-state index is 0.0230. The monoisotopic (exact) mass is 498 g/mol. The molecule has 5 atom stereocenters. The Labute approximate surface area is 183 Å². The third-order valence-electron chi connectivity index (χ3n) is 6.72. The first kappa shape index (κ1) is 21.3. The van der Waals surface area contributed by atoms with Crippen LogP contribution in [0.1, 0.15) is 37.3 Å². The van der Waals surface area contributed by atoms with Gasteiger partial charge in [0.1, 0.15) is 4.83 Å². The number of rotatable bonds is 6. The summed E-state index contributed by atoms with van der Waals surface area (Å²) in [6.07, 6.45) is 3.45. The first-order valence-electron chi connectivity index (χ1n) is 9.72. The molecule has 4 rings (SSSR count). The van der Waals surface area contributed by atoms with Crippen LogP contribution in [0.3, 0.4) is 0 Å². The van der Waals surface area contributed by atoms with Crippen LogP contribution in [0, 0.1) is 11.3 Å². The number of carbonyl (C=O) groups is 1. The lowest BCUT2D eigenvalue weighted by Crippen LogP contribution is -2.46. The number of alkyl halides is 1. The first-order chi connectivity index (χ1) is 14.3. The Morgan fingerprint density at radius 1 is 1.37 bits per heavy atom. The van der Waals surface area contributed by atoms with Gasteiger partial charge in [-0.05, 0) is 54.8 Å². The number of carbonyl (C=O) groups excluding carboxylic acids is 1. The van der Waals surface area contributed by atoms with Crippen molar-refractivity contribution in [3.63, 3.8) is 0 Å². The fourth-order valence-electron chi connectivity index (χ4n) is 5.47. The predicted octanol–water partition coefficient (Wildman–Crippen LogP) is 3.55. The molecular formula is C19H23BrN4O5S. The SMILES string of the molecule is COc1ccc([C@H](N=[N+]=[N-])[C@H](Br)C(=O)N2C3CC4CCC3(C4)CS2(=O)=O)cc1OC. The van der Waals surface area contributed by atoms with Crippen LogP contribution in [0.2, 0.25) is 0 Å². The number of sulfonamides is 1. The molecule has 3 aliphatic rings. The Morgan fingerprint density at radius 2 is 2.10 bits per heavy atom. The zero-order chi connectivity index (χ0) is 21.7. The van der Waals surface area contributed by atoms with E-state index in [0.29, 0.717) is 29.4 Å². The minimum atomic E-state index is -3.71. The normalized spacial score (nSPS) is 30.3. The van der Waals surface area contributed by atoms with Crippen LogP contribution in [0.5, 0.6) is 11.5 Å².